The summed E-state index contributed by atoms with van der Waals surface area (Å²) in [5.74, 6) is -4.97. The molecule has 15 heteroatoms. The van der Waals surface area contributed by atoms with E-state index < -0.39 is 24.3 Å². The highest BCUT2D eigenvalue weighted by Crippen LogP contribution is 2.38. The van der Waals surface area contributed by atoms with E-state index in [1.807, 2.05) is 0 Å². The Balaban J connectivity index is 0.000000317. The van der Waals surface area contributed by atoms with E-state index in [0.29, 0.717) is 12.0 Å². The molecular weight excluding hydrogens is 540 g/mol. The minimum Gasteiger partial charge on any atom is -0.475 e. The van der Waals surface area contributed by atoms with Crippen molar-refractivity contribution >= 4 is 17.8 Å². The second-order valence-electron chi connectivity index (χ2n) is 10.2. The highest BCUT2D eigenvalue weighted by molar-refractivity contribution is 5.80. The van der Waals surface area contributed by atoms with Crippen molar-refractivity contribution in [2.75, 3.05) is 52.9 Å². The Labute approximate surface area is 222 Å². The molecule has 2 atom stereocenters. The number of rotatable bonds is 3. The number of halogens is 6. The molecule has 2 N–H and O–H groups in total. The number of carbonyl (C=O) groups is 3. The van der Waals surface area contributed by atoms with Gasteiger partial charge in [-0.15, -0.1) is 0 Å². The van der Waals surface area contributed by atoms with Crippen LogP contribution in [-0.2, 0) is 19.1 Å². The SMILES string of the molecule is CN1CCN(C[C@H]2CCC[C@]3(CCN(C(=O)C4CC=CC4)C3)O2)CC1.O=C(O)C(F)(F)F.O=C(O)C(F)(F)F. The zero-order valence-corrected chi connectivity index (χ0v) is 21.6. The van der Waals surface area contributed by atoms with Gasteiger partial charge in [-0.05, 0) is 45.6 Å². The molecule has 0 saturated carbocycles. The lowest BCUT2D eigenvalue weighted by Crippen LogP contribution is -2.51. The summed E-state index contributed by atoms with van der Waals surface area (Å²) in [7, 11) is 2.20. The van der Waals surface area contributed by atoms with Crippen molar-refractivity contribution in [3.8, 4) is 0 Å². The third-order valence-electron chi connectivity index (χ3n) is 7.10. The molecule has 4 aliphatic rings. The Bertz CT molecular complexity index is 843. The Morgan fingerprint density at radius 2 is 1.41 bits per heavy atom. The molecule has 0 radical (unpaired) electrons. The van der Waals surface area contributed by atoms with Crippen LogP contribution in [-0.4, -0.2) is 120 Å². The van der Waals surface area contributed by atoms with Crippen LogP contribution in [0.25, 0.3) is 0 Å². The Morgan fingerprint density at radius 3 is 1.90 bits per heavy atom. The number of aliphatic carboxylic acids is 2. The molecule has 3 aliphatic heterocycles. The number of likely N-dealkylation sites (tertiary alicyclic amines) is 1. The van der Waals surface area contributed by atoms with Crippen LogP contribution in [0.1, 0.15) is 38.5 Å². The first-order valence-electron chi connectivity index (χ1n) is 12.6. The van der Waals surface area contributed by atoms with Crippen LogP contribution < -0.4 is 0 Å². The highest BCUT2D eigenvalue weighted by Gasteiger charge is 2.45. The van der Waals surface area contributed by atoms with E-state index in [1.54, 1.807) is 0 Å². The normalized spacial score (nSPS) is 26.5. The standard InChI is InChI=1S/C20H33N3O2.2C2HF3O2/c1-21-11-13-22(14-12-21)15-18-7-4-8-20(25-18)9-10-23(16-20)19(24)17-5-2-3-6-17;2*3-2(4,5)1(6)7/h2-3,17-18H,4-16H2,1H3;2*(H,6,7)/t18-,20-;;/m1../s1. The summed E-state index contributed by atoms with van der Waals surface area (Å²) in [5, 5.41) is 14.2. The third-order valence-corrected chi connectivity index (χ3v) is 7.10. The first kappa shape index (κ1) is 32.8. The maximum absolute atomic E-state index is 12.7. The number of amides is 1. The molecule has 3 saturated heterocycles. The number of ether oxygens (including phenoxy) is 1. The second-order valence-corrected chi connectivity index (χ2v) is 10.2. The minimum absolute atomic E-state index is 0.0583. The maximum Gasteiger partial charge on any atom is 0.490 e. The molecule has 0 aromatic heterocycles. The van der Waals surface area contributed by atoms with Gasteiger partial charge < -0.3 is 24.7 Å². The van der Waals surface area contributed by atoms with Crippen LogP contribution in [0, 0.1) is 5.92 Å². The molecular formula is C24H35F6N3O6. The predicted molar refractivity (Wildman–Crippen MR) is 126 cm³/mol. The molecule has 0 aromatic rings. The smallest absolute Gasteiger partial charge is 0.475 e. The van der Waals surface area contributed by atoms with Gasteiger partial charge in [0, 0.05) is 51.7 Å². The summed E-state index contributed by atoms with van der Waals surface area (Å²) in [4.78, 5) is 37.6. The van der Waals surface area contributed by atoms with Gasteiger partial charge in [0.15, 0.2) is 0 Å². The lowest BCUT2D eigenvalue weighted by atomic mass is 9.90. The van der Waals surface area contributed by atoms with Gasteiger partial charge >= 0.3 is 24.3 Å². The summed E-state index contributed by atoms with van der Waals surface area (Å²) in [5.41, 5.74) is -0.0583. The van der Waals surface area contributed by atoms with Crippen molar-refractivity contribution in [3.05, 3.63) is 12.2 Å². The van der Waals surface area contributed by atoms with E-state index >= 15 is 0 Å². The van der Waals surface area contributed by atoms with Gasteiger partial charge in [0.05, 0.1) is 11.7 Å². The molecule has 1 spiro atoms. The predicted octanol–water partition coefficient (Wildman–Crippen LogP) is 3.01. The van der Waals surface area contributed by atoms with Crippen molar-refractivity contribution in [2.45, 2.75) is 62.6 Å². The largest absolute Gasteiger partial charge is 0.490 e. The molecule has 9 nitrogen and oxygen atoms in total. The average Bonchev–Trinajstić information content (AvgIpc) is 3.51. The molecule has 1 aliphatic carbocycles. The van der Waals surface area contributed by atoms with E-state index in [1.165, 1.54) is 12.8 Å². The van der Waals surface area contributed by atoms with Crippen molar-refractivity contribution < 1.29 is 55.7 Å². The quantitative estimate of drug-likeness (QED) is 0.391. The molecule has 3 heterocycles. The Kier molecular flexibility index (Phi) is 11.6. The van der Waals surface area contributed by atoms with Gasteiger partial charge in [-0.3, -0.25) is 9.69 Å². The highest BCUT2D eigenvalue weighted by atomic mass is 19.4. The first-order chi connectivity index (χ1) is 18.0. The molecule has 1 amide bonds. The third kappa shape index (κ3) is 10.6. The van der Waals surface area contributed by atoms with Gasteiger partial charge in [-0.2, -0.15) is 26.3 Å². The molecule has 0 bridgehead atoms. The van der Waals surface area contributed by atoms with Crippen LogP contribution in [0.4, 0.5) is 26.3 Å². The monoisotopic (exact) mass is 575 g/mol. The number of hydrogen-bond donors (Lipinski definition) is 2. The summed E-state index contributed by atoms with van der Waals surface area (Å²) >= 11 is 0. The number of carboxylic acids is 2. The van der Waals surface area contributed by atoms with Gasteiger partial charge in [0.2, 0.25) is 5.91 Å². The number of alkyl halides is 6. The van der Waals surface area contributed by atoms with Crippen LogP contribution in [0.3, 0.4) is 0 Å². The second kappa shape index (κ2) is 13.8. The van der Waals surface area contributed by atoms with Crippen LogP contribution >= 0.6 is 0 Å². The van der Waals surface area contributed by atoms with Gasteiger partial charge in [-0.25, -0.2) is 9.59 Å². The van der Waals surface area contributed by atoms with Crippen LogP contribution in [0.15, 0.2) is 12.2 Å². The summed E-state index contributed by atoms with van der Waals surface area (Å²) in [6.45, 7) is 7.41. The van der Waals surface area contributed by atoms with E-state index in [2.05, 4.69) is 33.9 Å². The number of piperazine rings is 1. The summed E-state index contributed by atoms with van der Waals surface area (Å²) in [6.07, 6.45) is 0.900. The van der Waals surface area contributed by atoms with E-state index in [4.69, 9.17) is 24.5 Å². The fourth-order valence-electron chi connectivity index (χ4n) is 4.98. The number of allylic oxidation sites excluding steroid dienone is 2. The number of carbonyl (C=O) groups excluding carboxylic acids is 1. The van der Waals surface area contributed by atoms with Crippen molar-refractivity contribution in [1.29, 1.82) is 0 Å². The Hall–Kier alpha value is -2.39. The number of hydrogen-bond acceptors (Lipinski definition) is 6. The van der Waals surface area contributed by atoms with Gasteiger partial charge in [0.1, 0.15) is 0 Å². The van der Waals surface area contributed by atoms with Crippen LogP contribution in [0.2, 0.25) is 0 Å². The van der Waals surface area contributed by atoms with Gasteiger partial charge in [-0.1, -0.05) is 12.2 Å². The van der Waals surface area contributed by atoms with Crippen LogP contribution in [0.5, 0.6) is 0 Å². The van der Waals surface area contributed by atoms with Gasteiger partial charge in [0.25, 0.3) is 0 Å². The maximum atomic E-state index is 12.7. The zero-order chi connectivity index (χ0) is 29.4. The van der Waals surface area contributed by atoms with E-state index in [9.17, 15) is 31.1 Å². The average molecular weight is 576 g/mol. The topological polar surface area (TPSA) is 111 Å². The number of likely N-dealkylation sites (N-methyl/N-ethyl adjacent to an activating group) is 1. The van der Waals surface area contributed by atoms with E-state index in [-0.39, 0.29) is 11.5 Å². The van der Waals surface area contributed by atoms with Crippen molar-refractivity contribution in [2.24, 2.45) is 5.92 Å². The molecule has 0 unspecified atom stereocenters. The zero-order valence-electron chi connectivity index (χ0n) is 21.6. The summed E-state index contributed by atoms with van der Waals surface area (Å²) < 4.78 is 70.1. The lowest BCUT2D eigenvalue weighted by molar-refractivity contribution is -0.193. The molecule has 4 rings (SSSR count). The van der Waals surface area contributed by atoms with Crippen molar-refractivity contribution in [3.63, 3.8) is 0 Å². The number of nitrogens with zero attached hydrogens (tertiary/aromatic N) is 3. The fraction of sp³-hybridized carbons (Fsp3) is 0.792. The molecule has 224 valence electrons. The first-order valence-corrected chi connectivity index (χ1v) is 12.6. The summed E-state index contributed by atoms with van der Waals surface area (Å²) in [6, 6.07) is 0. The van der Waals surface area contributed by atoms with E-state index in [0.717, 1.165) is 71.5 Å². The Morgan fingerprint density at radius 1 is 0.897 bits per heavy atom. The minimum atomic E-state index is -5.08. The fourth-order valence-corrected chi connectivity index (χ4v) is 4.98. The molecule has 39 heavy (non-hydrogen) atoms. The number of carboxylic acid groups (broad SMARTS) is 2. The lowest BCUT2D eigenvalue weighted by Gasteiger charge is -2.42. The van der Waals surface area contributed by atoms with Crippen molar-refractivity contribution in [1.82, 2.24) is 14.7 Å². The molecule has 0 aromatic carbocycles. The molecule has 3 fully saturated rings.